The van der Waals surface area contributed by atoms with E-state index in [1.165, 1.54) is 12.1 Å². The number of hydrogen-bond donors (Lipinski definition) is 1. The van der Waals surface area contributed by atoms with Crippen molar-refractivity contribution in [1.82, 2.24) is 15.1 Å². The molecule has 0 aliphatic carbocycles. The first-order valence-electron chi connectivity index (χ1n) is 7.67. The van der Waals surface area contributed by atoms with Gasteiger partial charge in [0, 0.05) is 26.2 Å². The first-order valence-corrected chi connectivity index (χ1v) is 7.67. The SMILES string of the molecule is O=C1NCCCC1N1CCN(Cc2ccc(F)cc2)C(=O)C1. The fourth-order valence-electron chi connectivity index (χ4n) is 3.07. The highest BCUT2D eigenvalue weighted by atomic mass is 19.1. The van der Waals surface area contributed by atoms with Gasteiger partial charge in [-0.25, -0.2) is 4.39 Å². The summed E-state index contributed by atoms with van der Waals surface area (Å²) in [6.07, 6.45) is 1.78. The summed E-state index contributed by atoms with van der Waals surface area (Å²) in [6, 6.07) is 6.03. The number of carbonyl (C=O) groups is 2. The molecule has 2 aliphatic heterocycles. The smallest absolute Gasteiger partial charge is 0.237 e. The zero-order valence-electron chi connectivity index (χ0n) is 12.4. The Hall–Kier alpha value is -1.95. The standard InChI is InChI=1S/C16H20FN3O2/c17-13-5-3-12(4-6-13)10-20-9-8-19(11-15(20)21)14-2-1-7-18-16(14)22/h3-6,14H,1-2,7-11H2,(H,18,22). The number of amides is 2. The minimum atomic E-state index is -0.275. The maximum Gasteiger partial charge on any atom is 0.237 e. The van der Waals surface area contributed by atoms with E-state index in [2.05, 4.69) is 5.32 Å². The second kappa shape index (κ2) is 6.44. The van der Waals surface area contributed by atoms with Crippen molar-refractivity contribution in [2.75, 3.05) is 26.2 Å². The van der Waals surface area contributed by atoms with Gasteiger partial charge in [0.15, 0.2) is 0 Å². The molecule has 2 heterocycles. The van der Waals surface area contributed by atoms with Crippen LogP contribution in [0.5, 0.6) is 0 Å². The van der Waals surface area contributed by atoms with Crippen LogP contribution in [-0.4, -0.2) is 53.8 Å². The normalized spacial score (nSPS) is 23.5. The van der Waals surface area contributed by atoms with E-state index in [0.717, 1.165) is 24.9 Å². The molecular formula is C16H20FN3O2. The second-order valence-electron chi connectivity index (χ2n) is 5.86. The van der Waals surface area contributed by atoms with Gasteiger partial charge in [0.05, 0.1) is 12.6 Å². The molecule has 0 spiro atoms. The lowest BCUT2D eigenvalue weighted by Gasteiger charge is -2.39. The van der Waals surface area contributed by atoms with Crippen molar-refractivity contribution >= 4 is 11.8 Å². The molecule has 1 atom stereocenters. The van der Waals surface area contributed by atoms with Gasteiger partial charge in [-0.15, -0.1) is 0 Å². The van der Waals surface area contributed by atoms with Gasteiger partial charge in [-0.2, -0.15) is 0 Å². The first-order chi connectivity index (χ1) is 10.6. The number of hydrogen-bond acceptors (Lipinski definition) is 3. The van der Waals surface area contributed by atoms with Crippen LogP contribution in [0.3, 0.4) is 0 Å². The van der Waals surface area contributed by atoms with Crippen LogP contribution in [0.2, 0.25) is 0 Å². The number of nitrogens with one attached hydrogen (secondary N) is 1. The van der Waals surface area contributed by atoms with Gasteiger partial charge in [-0.1, -0.05) is 12.1 Å². The molecule has 1 N–H and O–H groups in total. The number of nitrogens with zero attached hydrogens (tertiary/aromatic N) is 2. The molecule has 0 aromatic heterocycles. The Balaban J connectivity index is 1.59. The van der Waals surface area contributed by atoms with Crippen LogP contribution in [-0.2, 0) is 16.1 Å². The summed E-state index contributed by atoms with van der Waals surface area (Å²) in [5, 5.41) is 2.86. The van der Waals surface area contributed by atoms with Crippen molar-refractivity contribution in [2.45, 2.75) is 25.4 Å². The van der Waals surface area contributed by atoms with Crippen LogP contribution >= 0.6 is 0 Å². The topological polar surface area (TPSA) is 52.7 Å². The minimum absolute atomic E-state index is 0.0222. The molecule has 0 radical (unpaired) electrons. The molecule has 1 unspecified atom stereocenters. The Labute approximate surface area is 129 Å². The summed E-state index contributed by atoms with van der Waals surface area (Å²) in [5.74, 6) is -0.219. The van der Waals surface area contributed by atoms with E-state index in [1.54, 1.807) is 17.0 Å². The molecular weight excluding hydrogens is 285 g/mol. The van der Waals surface area contributed by atoms with Crippen molar-refractivity contribution in [2.24, 2.45) is 0 Å². The van der Waals surface area contributed by atoms with Crippen molar-refractivity contribution in [3.63, 3.8) is 0 Å². The maximum absolute atomic E-state index is 12.9. The zero-order chi connectivity index (χ0) is 15.5. The lowest BCUT2D eigenvalue weighted by molar-refractivity contribution is -0.140. The van der Waals surface area contributed by atoms with Gasteiger partial charge in [-0.05, 0) is 30.5 Å². The van der Waals surface area contributed by atoms with E-state index in [-0.39, 0.29) is 30.2 Å². The number of benzene rings is 1. The summed E-state index contributed by atoms with van der Waals surface area (Å²) in [5.41, 5.74) is 0.915. The highest BCUT2D eigenvalue weighted by molar-refractivity contribution is 5.84. The molecule has 2 fully saturated rings. The van der Waals surface area contributed by atoms with E-state index in [4.69, 9.17) is 0 Å². The van der Waals surface area contributed by atoms with E-state index >= 15 is 0 Å². The van der Waals surface area contributed by atoms with Crippen molar-refractivity contribution in [3.05, 3.63) is 35.6 Å². The van der Waals surface area contributed by atoms with Crippen molar-refractivity contribution in [3.8, 4) is 0 Å². The Kier molecular flexibility index (Phi) is 4.38. The third kappa shape index (κ3) is 3.27. The van der Waals surface area contributed by atoms with E-state index in [1.807, 2.05) is 4.90 Å². The second-order valence-corrected chi connectivity index (χ2v) is 5.86. The molecule has 3 rings (SSSR count). The van der Waals surface area contributed by atoms with Crippen LogP contribution in [0, 0.1) is 5.82 Å². The minimum Gasteiger partial charge on any atom is -0.355 e. The Morgan fingerprint density at radius 1 is 1.18 bits per heavy atom. The molecule has 2 amide bonds. The average Bonchev–Trinajstić information content (AvgIpc) is 2.52. The van der Waals surface area contributed by atoms with Gasteiger partial charge >= 0.3 is 0 Å². The molecule has 1 aromatic carbocycles. The van der Waals surface area contributed by atoms with Crippen LogP contribution in [0.15, 0.2) is 24.3 Å². The Morgan fingerprint density at radius 2 is 1.95 bits per heavy atom. The number of carbonyl (C=O) groups excluding carboxylic acids is 2. The summed E-state index contributed by atoms with van der Waals surface area (Å²) in [6.45, 7) is 2.79. The molecule has 22 heavy (non-hydrogen) atoms. The van der Waals surface area contributed by atoms with Gasteiger partial charge in [0.1, 0.15) is 5.82 Å². The van der Waals surface area contributed by atoms with Gasteiger partial charge < -0.3 is 10.2 Å². The number of piperazine rings is 1. The Morgan fingerprint density at radius 3 is 2.64 bits per heavy atom. The van der Waals surface area contributed by atoms with Crippen LogP contribution in [0.1, 0.15) is 18.4 Å². The van der Waals surface area contributed by atoms with E-state index < -0.39 is 0 Å². The summed E-state index contributed by atoms with van der Waals surface area (Å²) in [4.78, 5) is 27.9. The monoisotopic (exact) mass is 305 g/mol. The maximum atomic E-state index is 12.9. The van der Waals surface area contributed by atoms with Gasteiger partial charge in [0.2, 0.25) is 11.8 Å². The molecule has 0 saturated carbocycles. The van der Waals surface area contributed by atoms with Gasteiger partial charge in [0.25, 0.3) is 0 Å². The number of rotatable bonds is 3. The largest absolute Gasteiger partial charge is 0.355 e. The molecule has 5 nitrogen and oxygen atoms in total. The lowest BCUT2D eigenvalue weighted by atomic mass is 10.0. The van der Waals surface area contributed by atoms with E-state index in [9.17, 15) is 14.0 Å². The van der Waals surface area contributed by atoms with Crippen LogP contribution < -0.4 is 5.32 Å². The Bertz CT molecular complexity index is 561. The first kappa shape index (κ1) is 15.0. The highest BCUT2D eigenvalue weighted by Crippen LogP contribution is 2.16. The quantitative estimate of drug-likeness (QED) is 0.896. The fourth-order valence-corrected chi connectivity index (χ4v) is 3.07. The van der Waals surface area contributed by atoms with Gasteiger partial charge in [-0.3, -0.25) is 14.5 Å². The van der Waals surface area contributed by atoms with Crippen LogP contribution in [0.25, 0.3) is 0 Å². The third-order valence-electron chi connectivity index (χ3n) is 4.33. The van der Waals surface area contributed by atoms with Crippen molar-refractivity contribution < 1.29 is 14.0 Å². The molecule has 2 saturated heterocycles. The fraction of sp³-hybridized carbons (Fsp3) is 0.500. The zero-order valence-corrected chi connectivity index (χ0v) is 12.4. The molecule has 118 valence electrons. The van der Waals surface area contributed by atoms with Crippen LogP contribution in [0.4, 0.5) is 4.39 Å². The third-order valence-corrected chi connectivity index (χ3v) is 4.33. The highest BCUT2D eigenvalue weighted by Gasteiger charge is 2.33. The molecule has 2 aliphatic rings. The summed E-state index contributed by atoms with van der Waals surface area (Å²) < 4.78 is 12.9. The molecule has 6 heteroatoms. The lowest BCUT2D eigenvalue weighted by Crippen LogP contribution is -2.58. The summed E-state index contributed by atoms with van der Waals surface area (Å²) >= 11 is 0. The molecule has 1 aromatic rings. The van der Waals surface area contributed by atoms with E-state index in [0.29, 0.717) is 19.6 Å². The predicted octanol–water partition coefficient (Wildman–Crippen LogP) is 0.748. The number of piperidine rings is 1. The molecule has 0 bridgehead atoms. The average molecular weight is 305 g/mol. The summed E-state index contributed by atoms with van der Waals surface area (Å²) in [7, 11) is 0. The number of halogens is 1. The predicted molar refractivity (Wildman–Crippen MR) is 79.4 cm³/mol. The van der Waals surface area contributed by atoms with Crippen molar-refractivity contribution in [1.29, 1.82) is 0 Å².